The molecule has 0 radical (unpaired) electrons. The van der Waals surface area contributed by atoms with Crippen LogP contribution in [0.1, 0.15) is 1.37 Å². The van der Waals surface area contributed by atoms with Gasteiger partial charge >= 0.3 is 0 Å². The highest BCUT2D eigenvalue weighted by atomic mass is 15.1. The van der Waals surface area contributed by atoms with Crippen LogP contribution in [0.25, 0.3) is 55.2 Å². The quantitative estimate of drug-likeness (QED) is 0.294. The van der Waals surface area contributed by atoms with Crippen LogP contribution in [-0.2, 0) is 0 Å². The summed E-state index contributed by atoms with van der Waals surface area (Å²) in [7, 11) is 0. The summed E-state index contributed by atoms with van der Waals surface area (Å²) in [6.07, 6.45) is 0. The van der Waals surface area contributed by atoms with Crippen LogP contribution in [0.4, 0.5) is 0 Å². The molecule has 0 saturated carbocycles. The second-order valence-electron chi connectivity index (χ2n) is 8.02. The number of aromatic nitrogens is 3. The van der Waals surface area contributed by atoms with Gasteiger partial charge in [-0.2, -0.15) is 0 Å². The summed E-state index contributed by atoms with van der Waals surface area (Å²) >= 11 is 0. The molecule has 3 heteroatoms. The van der Waals surface area contributed by atoms with Gasteiger partial charge in [0, 0.05) is 21.5 Å². The zero-order valence-corrected chi connectivity index (χ0v) is 17.2. The summed E-state index contributed by atoms with van der Waals surface area (Å²) in [6.45, 7) is 0. The summed E-state index contributed by atoms with van der Waals surface area (Å²) in [4.78, 5) is 5.12. The van der Waals surface area contributed by atoms with Crippen molar-refractivity contribution in [3.8, 4) is 11.6 Å². The van der Waals surface area contributed by atoms with E-state index in [0.717, 1.165) is 33.7 Å². The Kier molecular flexibility index (Phi) is 3.35. The van der Waals surface area contributed by atoms with Crippen molar-refractivity contribution in [3.63, 3.8) is 0 Å². The Hall–Kier alpha value is -4.37. The normalized spacial score (nSPS) is 12.2. The molecule has 7 rings (SSSR count). The lowest BCUT2D eigenvalue weighted by atomic mass is 10.2. The smallest absolute Gasteiger partial charge is 0.140 e. The van der Waals surface area contributed by atoms with Crippen molar-refractivity contribution in [2.24, 2.45) is 0 Å². The maximum Gasteiger partial charge on any atom is 0.140 e. The zero-order chi connectivity index (χ0) is 21.9. The van der Waals surface area contributed by atoms with E-state index < -0.39 is 0 Å². The van der Waals surface area contributed by atoms with Crippen LogP contribution in [0.15, 0.2) is 115 Å². The molecule has 150 valence electrons. The van der Waals surface area contributed by atoms with E-state index in [0.29, 0.717) is 6.04 Å². The maximum absolute atomic E-state index is 8.65. The first-order valence-electron chi connectivity index (χ1n) is 11.3. The number of benzene rings is 4. The minimum absolute atomic E-state index is 0.429. The predicted molar refractivity (Wildman–Crippen MR) is 133 cm³/mol. The average molecular weight is 410 g/mol. The lowest BCUT2D eigenvalue weighted by Gasteiger charge is -2.11. The number of nitrogens with zero attached hydrogens (tertiary/aromatic N) is 3. The molecule has 0 amide bonds. The summed E-state index contributed by atoms with van der Waals surface area (Å²) in [5, 5.41) is 4.74. The van der Waals surface area contributed by atoms with Gasteiger partial charge in [-0.3, -0.25) is 9.13 Å². The number of rotatable bonds is 2. The van der Waals surface area contributed by atoms with E-state index in [1.54, 1.807) is 0 Å². The van der Waals surface area contributed by atoms with Gasteiger partial charge in [0.25, 0.3) is 0 Å². The van der Waals surface area contributed by atoms with Crippen LogP contribution in [-0.4, -0.2) is 14.1 Å². The number of hydrogen-bond donors (Lipinski definition) is 0. The monoisotopic (exact) mass is 410 g/mol. The Bertz CT molecular complexity index is 1600. The average Bonchev–Trinajstić information content (AvgIpc) is 3.37. The minimum atomic E-state index is 0.429. The Morgan fingerprint density at radius 1 is 0.438 bits per heavy atom. The maximum atomic E-state index is 8.65. The fourth-order valence-corrected chi connectivity index (χ4v) is 4.94. The number of pyridine rings is 1. The molecule has 0 saturated heterocycles. The highest BCUT2D eigenvalue weighted by molar-refractivity contribution is 6.10. The molecule has 4 aromatic carbocycles. The molecule has 0 bridgehead atoms. The van der Waals surface area contributed by atoms with Crippen LogP contribution in [0.3, 0.4) is 0 Å². The van der Waals surface area contributed by atoms with E-state index >= 15 is 0 Å². The third-order valence-electron chi connectivity index (χ3n) is 6.27. The largest absolute Gasteiger partial charge is 0.294 e. The van der Waals surface area contributed by atoms with Gasteiger partial charge in [-0.05, 0) is 36.4 Å². The molecular weight excluding hydrogens is 390 g/mol. The Balaban J connectivity index is 1.58. The fourth-order valence-electron chi connectivity index (χ4n) is 4.94. The third-order valence-corrected chi connectivity index (χ3v) is 6.27. The lowest BCUT2D eigenvalue weighted by Crippen LogP contribution is -2.02. The van der Waals surface area contributed by atoms with Crippen LogP contribution in [0.5, 0.6) is 0 Å². The lowest BCUT2D eigenvalue weighted by molar-refractivity contribution is 1.01. The summed E-state index contributed by atoms with van der Waals surface area (Å²) in [5.41, 5.74) is 4.35. The van der Waals surface area contributed by atoms with Gasteiger partial charge in [-0.1, -0.05) is 78.8 Å². The molecule has 7 aromatic rings. The Labute approximate surface area is 186 Å². The van der Waals surface area contributed by atoms with Gasteiger partial charge in [0.05, 0.1) is 23.4 Å². The number of hydrogen-bond acceptors (Lipinski definition) is 1. The fraction of sp³-hybridized carbons (Fsp3) is 0. The minimum Gasteiger partial charge on any atom is -0.294 e. The first kappa shape index (κ1) is 16.3. The van der Waals surface area contributed by atoms with Crippen molar-refractivity contribution in [3.05, 3.63) is 115 Å². The van der Waals surface area contributed by atoms with Crippen molar-refractivity contribution >= 4 is 43.6 Å². The topological polar surface area (TPSA) is 22.8 Å². The highest BCUT2D eigenvalue weighted by Crippen LogP contribution is 2.33. The van der Waals surface area contributed by atoms with E-state index in [-0.39, 0.29) is 0 Å². The van der Waals surface area contributed by atoms with E-state index in [1.807, 2.05) is 12.1 Å². The van der Waals surface area contributed by atoms with Crippen molar-refractivity contribution in [2.75, 3.05) is 0 Å². The molecule has 0 aliphatic rings. The van der Waals surface area contributed by atoms with E-state index in [4.69, 9.17) is 6.35 Å². The molecule has 0 aliphatic heterocycles. The van der Waals surface area contributed by atoms with Crippen LogP contribution < -0.4 is 0 Å². The van der Waals surface area contributed by atoms with Gasteiger partial charge < -0.3 is 0 Å². The van der Waals surface area contributed by atoms with Crippen LogP contribution in [0.2, 0.25) is 0 Å². The van der Waals surface area contributed by atoms with Gasteiger partial charge in [0.1, 0.15) is 11.6 Å². The summed E-state index contributed by atoms with van der Waals surface area (Å²) in [6, 6.07) is 37.6. The van der Waals surface area contributed by atoms with Gasteiger partial charge in [0.2, 0.25) is 0 Å². The third kappa shape index (κ3) is 2.33. The van der Waals surface area contributed by atoms with Gasteiger partial charge in [-0.15, -0.1) is 0 Å². The summed E-state index contributed by atoms with van der Waals surface area (Å²) in [5.74, 6) is 1.49. The van der Waals surface area contributed by atoms with E-state index in [2.05, 4.69) is 106 Å². The molecule has 0 fully saturated rings. The van der Waals surface area contributed by atoms with Crippen molar-refractivity contribution in [1.82, 2.24) is 14.1 Å². The molecule has 0 spiro atoms. The molecule has 0 N–H and O–H groups in total. The van der Waals surface area contributed by atoms with E-state index in [1.165, 1.54) is 21.5 Å². The second kappa shape index (κ2) is 6.56. The van der Waals surface area contributed by atoms with Crippen molar-refractivity contribution in [1.29, 1.82) is 0 Å². The molecular formula is C29H19N3. The zero-order valence-electron chi connectivity index (χ0n) is 18.2. The van der Waals surface area contributed by atoms with Crippen LogP contribution >= 0.6 is 0 Å². The second-order valence-corrected chi connectivity index (χ2v) is 8.02. The molecule has 0 aliphatic carbocycles. The van der Waals surface area contributed by atoms with Gasteiger partial charge in [0.15, 0.2) is 0 Å². The van der Waals surface area contributed by atoms with Crippen molar-refractivity contribution in [2.45, 2.75) is 0 Å². The molecule has 0 atom stereocenters. The Morgan fingerprint density at radius 2 is 0.750 bits per heavy atom. The predicted octanol–water partition coefficient (Wildman–Crippen LogP) is 7.28. The SMILES string of the molecule is [2H]c1cc(-n2c3ccccc3c3ccccc32)nc(-n2c3ccccc3c3ccccc32)c1. The van der Waals surface area contributed by atoms with Crippen molar-refractivity contribution < 1.29 is 1.37 Å². The number of fused-ring (bicyclic) bond motifs is 6. The Morgan fingerprint density at radius 3 is 1.09 bits per heavy atom. The molecule has 0 unspecified atom stereocenters. The first-order valence-corrected chi connectivity index (χ1v) is 10.8. The van der Waals surface area contributed by atoms with Gasteiger partial charge in [-0.25, -0.2) is 4.98 Å². The standard InChI is InChI=1S/C29H19N3/c1-5-14-24-20(10-1)21-11-2-6-15-25(21)31(24)28-18-9-19-29(30-28)32-26-16-7-3-12-22(26)23-13-4-8-17-27(23)32/h1-19H/i9D. The van der Waals surface area contributed by atoms with Crippen LogP contribution in [0, 0.1) is 0 Å². The molecule has 3 nitrogen and oxygen atoms in total. The number of para-hydroxylation sites is 4. The first-order chi connectivity index (χ1) is 16.3. The highest BCUT2D eigenvalue weighted by Gasteiger charge is 2.15. The van der Waals surface area contributed by atoms with E-state index in [9.17, 15) is 0 Å². The summed E-state index contributed by atoms with van der Waals surface area (Å²) < 4.78 is 13.0. The molecule has 32 heavy (non-hydrogen) atoms. The molecule has 3 heterocycles. The molecule has 3 aromatic heterocycles.